The number of halogens is 1. The monoisotopic (exact) mass is 243 g/mol. The van der Waals surface area contributed by atoms with Gasteiger partial charge < -0.3 is 14.8 Å². The van der Waals surface area contributed by atoms with E-state index in [1.54, 1.807) is 14.2 Å². The Labute approximate surface area is 102 Å². The zero-order valence-electron chi connectivity index (χ0n) is 10.1. The molecule has 1 unspecified atom stereocenters. The molecule has 0 fully saturated rings. The van der Waals surface area contributed by atoms with E-state index in [4.69, 9.17) is 21.1 Å². The van der Waals surface area contributed by atoms with E-state index in [2.05, 4.69) is 12.2 Å². The lowest BCUT2D eigenvalue weighted by atomic mass is 10.0. The highest BCUT2D eigenvalue weighted by molar-refractivity contribution is 6.32. The van der Waals surface area contributed by atoms with Crippen molar-refractivity contribution in [3.8, 4) is 11.5 Å². The van der Waals surface area contributed by atoms with E-state index >= 15 is 0 Å². The maximum atomic E-state index is 6.14. The highest BCUT2D eigenvalue weighted by atomic mass is 35.5. The molecule has 0 aliphatic rings. The van der Waals surface area contributed by atoms with Gasteiger partial charge in [-0.05, 0) is 31.2 Å². The van der Waals surface area contributed by atoms with Gasteiger partial charge in [-0.1, -0.05) is 18.5 Å². The van der Waals surface area contributed by atoms with Crippen LogP contribution >= 0.6 is 11.6 Å². The van der Waals surface area contributed by atoms with Crippen LogP contribution in [0.15, 0.2) is 12.1 Å². The van der Waals surface area contributed by atoms with E-state index in [-0.39, 0.29) is 6.04 Å². The summed E-state index contributed by atoms with van der Waals surface area (Å²) in [6.07, 6.45) is 0.988. The molecule has 0 aliphatic heterocycles. The van der Waals surface area contributed by atoms with E-state index in [9.17, 15) is 0 Å². The molecule has 1 N–H and O–H groups in total. The minimum Gasteiger partial charge on any atom is -0.493 e. The van der Waals surface area contributed by atoms with E-state index in [0.29, 0.717) is 16.5 Å². The Hall–Kier alpha value is -0.930. The van der Waals surface area contributed by atoms with Crippen molar-refractivity contribution in [2.75, 3.05) is 21.3 Å². The van der Waals surface area contributed by atoms with E-state index in [1.165, 1.54) is 0 Å². The third kappa shape index (κ3) is 2.60. The fourth-order valence-electron chi connectivity index (χ4n) is 1.75. The number of ether oxygens (including phenoxy) is 2. The largest absolute Gasteiger partial charge is 0.493 e. The fraction of sp³-hybridized carbons (Fsp3) is 0.500. The van der Waals surface area contributed by atoms with Gasteiger partial charge in [0.05, 0.1) is 19.2 Å². The summed E-state index contributed by atoms with van der Waals surface area (Å²) in [6, 6.07) is 4.14. The summed E-state index contributed by atoms with van der Waals surface area (Å²) >= 11 is 6.14. The normalized spacial score (nSPS) is 12.3. The Kier molecular flexibility index (Phi) is 4.90. The molecular weight excluding hydrogens is 226 g/mol. The molecule has 1 atom stereocenters. The van der Waals surface area contributed by atoms with Crippen LogP contribution in [-0.4, -0.2) is 21.3 Å². The van der Waals surface area contributed by atoms with Crippen molar-refractivity contribution < 1.29 is 9.47 Å². The van der Waals surface area contributed by atoms with Gasteiger partial charge >= 0.3 is 0 Å². The Balaban J connectivity index is 3.19. The zero-order chi connectivity index (χ0) is 12.1. The van der Waals surface area contributed by atoms with E-state index in [1.807, 2.05) is 19.2 Å². The second kappa shape index (κ2) is 5.97. The summed E-state index contributed by atoms with van der Waals surface area (Å²) in [6.45, 7) is 2.12. The topological polar surface area (TPSA) is 30.5 Å². The Morgan fingerprint density at radius 2 is 2.00 bits per heavy atom. The molecule has 0 spiro atoms. The van der Waals surface area contributed by atoms with Crippen LogP contribution < -0.4 is 14.8 Å². The second-order valence-corrected chi connectivity index (χ2v) is 3.89. The van der Waals surface area contributed by atoms with E-state index < -0.39 is 0 Å². The van der Waals surface area contributed by atoms with Gasteiger partial charge in [0.25, 0.3) is 0 Å². The standard InChI is InChI=1S/C12H18ClNO2/c1-5-10(14-2)8-6-9(13)12(16-4)11(7-8)15-3/h6-7,10,14H,5H2,1-4H3. The van der Waals surface area contributed by atoms with Crippen LogP contribution in [0.1, 0.15) is 24.9 Å². The maximum absolute atomic E-state index is 6.14. The minimum absolute atomic E-state index is 0.275. The molecule has 0 radical (unpaired) electrons. The molecule has 0 heterocycles. The lowest BCUT2D eigenvalue weighted by Gasteiger charge is -2.17. The number of hydrogen-bond donors (Lipinski definition) is 1. The van der Waals surface area contributed by atoms with E-state index in [0.717, 1.165) is 12.0 Å². The summed E-state index contributed by atoms with van der Waals surface area (Å²) < 4.78 is 10.5. The highest BCUT2D eigenvalue weighted by Gasteiger charge is 2.14. The predicted molar refractivity (Wildman–Crippen MR) is 66.6 cm³/mol. The molecule has 4 heteroatoms. The van der Waals surface area contributed by atoms with Gasteiger partial charge in [0, 0.05) is 6.04 Å². The second-order valence-electron chi connectivity index (χ2n) is 3.49. The van der Waals surface area contributed by atoms with Crippen LogP contribution in [-0.2, 0) is 0 Å². The number of hydrogen-bond acceptors (Lipinski definition) is 3. The Morgan fingerprint density at radius 3 is 2.44 bits per heavy atom. The number of rotatable bonds is 5. The highest BCUT2D eigenvalue weighted by Crippen LogP contribution is 2.37. The molecular formula is C12H18ClNO2. The summed E-state index contributed by atoms with van der Waals surface area (Å²) in [5, 5.41) is 3.80. The molecule has 16 heavy (non-hydrogen) atoms. The first-order chi connectivity index (χ1) is 7.67. The number of nitrogens with one attached hydrogen (secondary N) is 1. The molecule has 3 nitrogen and oxygen atoms in total. The molecule has 90 valence electrons. The SMILES string of the molecule is CCC(NC)c1cc(Cl)c(OC)c(OC)c1. The van der Waals surface area contributed by atoms with Gasteiger partial charge in [0.1, 0.15) is 0 Å². The fourth-order valence-corrected chi connectivity index (χ4v) is 2.04. The molecule has 0 aromatic heterocycles. The first-order valence-electron chi connectivity index (χ1n) is 5.26. The van der Waals surface area contributed by atoms with Crippen molar-refractivity contribution in [3.63, 3.8) is 0 Å². The third-order valence-corrected chi connectivity index (χ3v) is 2.90. The lowest BCUT2D eigenvalue weighted by Crippen LogP contribution is -2.15. The van der Waals surface area contributed by atoms with Crippen molar-refractivity contribution in [2.45, 2.75) is 19.4 Å². The molecule has 0 bridgehead atoms. The van der Waals surface area contributed by atoms with Gasteiger partial charge in [-0.2, -0.15) is 0 Å². The van der Waals surface area contributed by atoms with Crippen molar-refractivity contribution in [1.29, 1.82) is 0 Å². The maximum Gasteiger partial charge on any atom is 0.179 e. The molecule has 0 aliphatic carbocycles. The average Bonchev–Trinajstić information content (AvgIpc) is 2.29. The van der Waals surface area contributed by atoms with Crippen LogP contribution in [0.25, 0.3) is 0 Å². The Bertz CT molecular complexity index is 351. The van der Waals surface area contributed by atoms with Gasteiger partial charge in [0.2, 0.25) is 0 Å². The quantitative estimate of drug-likeness (QED) is 0.862. The molecule has 0 saturated carbocycles. The number of benzene rings is 1. The predicted octanol–water partition coefficient (Wildman–Crippen LogP) is 3.03. The van der Waals surface area contributed by atoms with Crippen LogP contribution in [0.5, 0.6) is 11.5 Å². The van der Waals surface area contributed by atoms with Crippen LogP contribution in [0, 0.1) is 0 Å². The first kappa shape index (κ1) is 13.1. The van der Waals surface area contributed by atoms with Gasteiger partial charge in [0.15, 0.2) is 11.5 Å². The van der Waals surface area contributed by atoms with Crippen LogP contribution in [0.4, 0.5) is 0 Å². The van der Waals surface area contributed by atoms with Crippen LogP contribution in [0.2, 0.25) is 5.02 Å². The number of methoxy groups -OCH3 is 2. The molecule has 1 rings (SSSR count). The molecule has 0 amide bonds. The van der Waals surface area contributed by atoms with Crippen molar-refractivity contribution in [1.82, 2.24) is 5.32 Å². The average molecular weight is 244 g/mol. The minimum atomic E-state index is 0.275. The summed E-state index contributed by atoms with van der Waals surface area (Å²) in [5.41, 5.74) is 1.10. The smallest absolute Gasteiger partial charge is 0.179 e. The first-order valence-corrected chi connectivity index (χ1v) is 5.64. The van der Waals surface area contributed by atoms with Gasteiger partial charge in [-0.25, -0.2) is 0 Å². The molecule has 1 aromatic carbocycles. The molecule has 1 aromatic rings. The van der Waals surface area contributed by atoms with Crippen molar-refractivity contribution in [2.24, 2.45) is 0 Å². The van der Waals surface area contributed by atoms with Gasteiger partial charge in [-0.15, -0.1) is 0 Å². The van der Waals surface area contributed by atoms with Crippen molar-refractivity contribution in [3.05, 3.63) is 22.7 Å². The summed E-state index contributed by atoms with van der Waals surface area (Å²) in [4.78, 5) is 0. The molecule has 0 saturated heterocycles. The zero-order valence-corrected chi connectivity index (χ0v) is 10.9. The summed E-state index contributed by atoms with van der Waals surface area (Å²) in [5.74, 6) is 1.25. The van der Waals surface area contributed by atoms with Crippen molar-refractivity contribution >= 4 is 11.6 Å². The Morgan fingerprint density at radius 1 is 1.31 bits per heavy atom. The van der Waals surface area contributed by atoms with Gasteiger partial charge in [-0.3, -0.25) is 0 Å². The lowest BCUT2D eigenvalue weighted by molar-refractivity contribution is 0.354. The van der Waals surface area contributed by atoms with Crippen LogP contribution in [0.3, 0.4) is 0 Å². The summed E-state index contributed by atoms with van der Waals surface area (Å²) in [7, 11) is 5.12. The third-order valence-electron chi connectivity index (χ3n) is 2.61.